The van der Waals surface area contributed by atoms with Gasteiger partial charge < -0.3 is 14.8 Å². The summed E-state index contributed by atoms with van der Waals surface area (Å²) in [7, 11) is 0. The van der Waals surface area contributed by atoms with Crippen molar-refractivity contribution < 1.29 is 18.7 Å². The van der Waals surface area contributed by atoms with Crippen LogP contribution in [0.3, 0.4) is 0 Å². The van der Waals surface area contributed by atoms with Crippen LogP contribution in [0.4, 0.5) is 10.1 Å². The van der Waals surface area contributed by atoms with Crippen molar-refractivity contribution in [1.29, 1.82) is 0 Å². The molecule has 0 saturated heterocycles. The molecule has 2 N–H and O–H groups in total. The fourth-order valence-corrected chi connectivity index (χ4v) is 3.79. The highest BCUT2D eigenvalue weighted by atomic mass is 19.1. The monoisotopic (exact) mass is 432 g/mol. The molecule has 4 rings (SSSR count). The van der Waals surface area contributed by atoms with Crippen molar-refractivity contribution in [1.82, 2.24) is 4.98 Å². The van der Waals surface area contributed by atoms with E-state index in [0.29, 0.717) is 27.8 Å². The van der Waals surface area contributed by atoms with Crippen molar-refractivity contribution >= 4 is 22.6 Å². The second kappa shape index (κ2) is 8.26. The highest BCUT2D eigenvalue weighted by Crippen LogP contribution is 2.33. The number of rotatable bonds is 5. The van der Waals surface area contributed by atoms with Crippen LogP contribution in [0.1, 0.15) is 40.1 Å². The normalized spacial score (nSPS) is 12.0. The zero-order valence-corrected chi connectivity index (χ0v) is 17.8. The Labute approximate surface area is 183 Å². The predicted molar refractivity (Wildman–Crippen MR) is 121 cm³/mol. The van der Waals surface area contributed by atoms with Crippen molar-refractivity contribution in [2.45, 2.75) is 26.8 Å². The number of nitrogens with one attached hydrogen (secondary N) is 1. The van der Waals surface area contributed by atoms with Crippen molar-refractivity contribution in [2.75, 3.05) is 5.32 Å². The Balaban J connectivity index is 1.91. The molecule has 0 spiro atoms. The third-order valence-electron chi connectivity index (χ3n) is 5.36. The first-order valence-corrected chi connectivity index (χ1v) is 10.1. The highest BCUT2D eigenvalue weighted by Gasteiger charge is 2.21. The summed E-state index contributed by atoms with van der Waals surface area (Å²) < 4.78 is 20.6. The smallest absolute Gasteiger partial charge is 0.356 e. The van der Waals surface area contributed by atoms with E-state index in [9.17, 15) is 19.1 Å². The summed E-state index contributed by atoms with van der Waals surface area (Å²) >= 11 is 0. The van der Waals surface area contributed by atoms with Gasteiger partial charge in [0.15, 0.2) is 11.1 Å². The zero-order chi connectivity index (χ0) is 23.0. The second-order valence-corrected chi connectivity index (χ2v) is 7.67. The molecule has 0 aliphatic carbocycles. The second-order valence-electron chi connectivity index (χ2n) is 7.67. The summed E-state index contributed by atoms with van der Waals surface area (Å²) in [5.74, 6) is -1.47. The molecule has 2 aromatic heterocycles. The van der Waals surface area contributed by atoms with E-state index in [1.807, 2.05) is 19.9 Å². The quantitative estimate of drug-likeness (QED) is 0.434. The fourth-order valence-electron chi connectivity index (χ4n) is 3.79. The topological polar surface area (TPSA) is 92.4 Å². The van der Waals surface area contributed by atoms with Gasteiger partial charge in [-0.3, -0.25) is 4.79 Å². The Bertz CT molecular complexity index is 1410. The third-order valence-corrected chi connectivity index (χ3v) is 5.36. The summed E-state index contributed by atoms with van der Waals surface area (Å²) in [5.41, 5.74) is 2.33. The SMILES string of the molecule is Cc1cc([C@@H](C)Nc2cccnc2C(=O)O)c2oc(-c3ccccc3F)c(C)c(=O)c2c1. The maximum Gasteiger partial charge on any atom is 0.356 e. The summed E-state index contributed by atoms with van der Waals surface area (Å²) in [6.45, 7) is 5.31. The van der Waals surface area contributed by atoms with E-state index in [0.717, 1.165) is 5.56 Å². The number of carboxylic acid groups (broad SMARTS) is 1. The Morgan fingerprint density at radius 1 is 1.16 bits per heavy atom. The number of hydrogen-bond acceptors (Lipinski definition) is 5. The first-order valence-electron chi connectivity index (χ1n) is 10.1. The van der Waals surface area contributed by atoms with Gasteiger partial charge in [-0.15, -0.1) is 0 Å². The lowest BCUT2D eigenvalue weighted by Crippen LogP contribution is -2.14. The molecule has 2 aromatic carbocycles. The van der Waals surface area contributed by atoms with E-state index in [4.69, 9.17) is 4.42 Å². The summed E-state index contributed by atoms with van der Waals surface area (Å²) in [5, 5.41) is 13.0. The van der Waals surface area contributed by atoms with E-state index < -0.39 is 17.8 Å². The van der Waals surface area contributed by atoms with Gasteiger partial charge in [0.2, 0.25) is 0 Å². The number of aryl methyl sites for hydroxylation is 1. The van der Waals surface area contributed by atoms with E-state index in [2.05, 4.69) is 10.3 Å². The van der Waals surface area contributed by atoms with Crippen molar-refractivity contribution in [3.05, 3.63) is 93.2 Å². The van der Waals surface area contributed by atoms with Gasteiger partial charge in [-0.1, -0.05) is 18.2 Å². The highest BCUT2D eigenvalue weighted by molar-refractivity contribution is 5.92. The number of carboxylic acids is 1. The number of benzene rings is 2. The minimum atomic E-state index is -1.15. The standard InChI is InChI=1S/C25H21FN2O4/c1-13-11-17(15(3)28-20-9-6-10-27-21(20)25(30)31)24-18(12-13)22(29)14(2)23(32-24)16-7-4-5-8-19(16)26/h4-12,15,28H,1-3H3,(H,30,31)/t15-/m1/s1. The number of fused-ring (bicyclic) bond motifs is 1. The van der Waals surface area contributed by atoms with Crippen LogP contribution in [-0.4, -0.2) is 16.1 Å². The van der Waals surface area contributed by atoms with Crippen LogP contribution in [0.2, 0.25) is 0 Å². The Morgan fingerprint density at radius 3 is 2.62 bits per heavy atom. The molecule has 4 aromatic rings. The van der Waals surface area contributed by atoms with E-state index in [1.54, 1.807) is 43.3 Å². The first kappa shape index (κ1) is 21.2. The Kier molecular flexibility index (Phi) is 5.48. The minimum absolute atomic E-state index is 0.111. The third kappa shape index (κ3) is 3.73. The average molecular weight is 432 g/mol. The summed E-state index contributed by atoms with van der Waals surface area (Å²) in [6, 6.07) is 12.6. The lowest BCUT2D eigenvalue weighted by atomic mass is 9.98. The van der Waals surface area contributed by atoms with Crippen LogP contribution in [0.25, 0.3) is 22.3 Å². The van der Waals surface area contributed by atoms with Crippen LogP contribution in [0.15, 0.2) is 63.9 Å². The van der Waals surface area contributed by atoms with Gasteiger partial charge in [-0.25, -0.2) is 14.2 Å². The van der Waals surface area contributed by atoms with Crippen LogP contribution in [0, 0.1) is 19.7 Å². The fraction of sp³-hybridized carbons (Fsp3) is 0.160. The molecule has 0 unspecified atom stereocenters. The van der Waals surface area contributed by atoms with Crippen LogP contribution in [0.5, 0.6) is 0 Å². The van der Waals surface area contributed by atoms with Crippen molar-refractivity contribution in [3.63, 3.8) is 0 Å². The summed E-state index contributed by atoms with van der Waals surface area (Å²) in [6.07, 6.45) is 1.41. The number of aromatic carboxylic acids is 1. The molecule has 32 heavy (non-hydrogen) atoms. The first-order chi connectivity index (χ1) is 15.3. The Hall–Kier alpha value is -4.00. The van der Waals surface area contributed by atoms with Crippen molar-refractivity contribution in [3.8, 4) is 11.3 Å². The molecule has 6 nitrogen and oxygen atoms in total. The molecule has 0 saturated carbocycles. The molecule has 0 aliphatic heterocycles. The molecule has 1 atom stereocenters. The molecular weight excluding hydrogens is 411 g/mol. The average Bonchev–Trinajstić information content (AvgIpc) is 2.77. The lowest BCUT2D eigenvalue weighted by Gasteiger charge is -2.19. The molecule has 0 bridgehead atoms. The maximum atomic E-state index is 14.5. The van der Waals surface area contributed by atoms with Gasteiger partial charge in [-0.2, -0.15) is 0 Å². The van der Waals surface area contributed by atoms with Gasteiger partial charge in [-0.05, 0) is 56.7 Å². The summed E-state index contributed by atoms with van der Waals surface area (Å²) in [4.78, 5) is 28.6. The molecule has 0 aliphatic rings. The Morgan fingerprint density at radius 2 is 1.91 bits per heavy atom. The number of aromatic nitrogens is 1. The van der Waals surface area contributed by atoms with Crippen LogP contribution < -0.4 is 10.7 Å². The van der Waals surface area contributed by atoms with E-state index in [-0.39, 0.29) is 22.4 Å². The lowest BCUT2D eigenvalue weighted by molar-refractivity contribution is 0.0691. The molecule has 162 valence electrons. The number of anilines is 1. The molecule has 0 radical (unpaired) electrons. The van der Waals surface area contributed by atoms with Gasteiger partial charge >= 0.3 is 5.97 Å². The van der Waals surface area contributed by atoms with Gasteiger partial charge in [0.05, 0.1) is 22.7 Å². The van der Waals surface area contributed by atoms with Crippen LogP contribution >= 0.6 is 0 Å². The van der Waals surface area contributed by atoms with Gasteiger partial charge in [0, 0.05) is 17.3 Å². The maximum absolute atomic E-state index is 14.5. The minimum Gasteiger partial charge on any atom is -0.476 e. The molecule has 2 heterocycles. The molecular formula is C25H21FN2O4. The number of halogens is 1. The number of pyridine rings is 1. The van der Waals surface area contributed by atoms with Crippen LogP contribution in [-0.2, 0) is 0 Å². The largest absolute Gasteiger partial charge is 0.476 e. The predicted octanol–water partition coefficient (Wildman–Crippen LogP) is 5.48. The van der Waals surface area contributed by atoms with Gasteiger partial charge in [0.1, 0.15) is 17.2 Å². The van der Waals surface area contributed by atoms with E-state index in [1.165, 1.54) is 12.3 Å². The molecule has 0 fully saturated rings. The molecule has 0 amide bonds. The zero-order valence-electron chi connectivity index (χ0n) is 17.8. The molecule has 7 heteroatoms. The number of carbonyl (C=O) groups is 1. The number of hydrogen-bond donors (Lipinski definition) is 2. The van der Waals surface area contributed by atoms with Crippen molar-refractivity contribution in [2.24, 2.45) is 0 Å². The van der Waals surface area contributed by atoms with E-state index >= 15 is 0 Å². The number of nitrogens with zero attached hydrogens (tertiary/aromatic N) is 1. The van der Waals surface area contributed by atoms with Gasteiger partial charge in [0.25, 0.3) is 0 Å².